The monoisotopic (exact) mass is 591 g/mol. The number of Topliss-reactive ketones (excluding diaryl/α,β-unsaturated/α-hetero) is 1. The van der Waals surface area contributed by atoms with Gasteiger partial charge in [0.1, 0.15) is 24.1 Å². The molecule has 3 aliphatic heterocycles. The first-order chi connectivity index (χ1) is 19.8. The summed E-state index contributed by atoms with van der Waals surface area (Å²) in [6.07, 6.45) is 0.387. The van der Waals surface area contributed by atoms with Gasteiger partial charge in [0.2, 0.25) is 0 Å². The zero-order valence-electron chi connectivity index (χ0n) is 25.8. The van der Waals surface area contributed by atoms with E-state index in [9.17, 15) is 30.3 Å². The number of ether oxygens (including phenoxy) is 2. The van der Waals surface area contributed by atoms with E-state index >= 15 is 0 Å². The van der Waals surface area contributed by atoms with Crippen LogP contribution in [0.15, 0.2) is 0 Å². The molecule has 0 spiro atoms. The van der Waals surface area contributed by atoms with Crippen LogP contribution >= 0.6 is 0 Å². The lowest BCUT2D eigenvalue weighted by Gasteiger charge is -2.65. The lowest BCUT2D eigenvalue weighted by molar-refractivity contribution is -0.350. The molecule has 3 saturated heterocycles. The van der Waals surface area contributed by atoms with E-state index in [1.165, 1.54) is 6.42 Å². The van der Waals surface area contributed by atoms with Crippen LogP contribution in [0.3, 0.4) is 0 Å². The maximum atomic E-state index is 13.9. The standard InChI is InChI=1S/C33H53NO8/c1-16-7-10-32(3)33(4,40)22-6-5-18-19(21(22)15-34(32)14-16)12-23-20(18)13-25(35)24-11-17(8-9-31(23,24)2)41-30-28(38)26(36)27(37)29(39)42-30/h16-24,26-30,36-40H,5-15H2,1-4H3/t16-,17-,18+,19+,20-,21-,22-,23-,24+,26-,27-,28+,29+,30+,31+,32-,33-/m0/s1. The van der Waals surface area contributed by atoms with Gasteiger partial charge in [-0.1, -0.05) is 13.8 Å². The molecule has 3 heterocycles. The zero-order chi connectivity index (χ0) is 29.9. The average Bonchev–Trinajstić information content (AvgIpc) is 3.32. The summed E-state index contributed by atoms with van der Waals surface area (Å²) >= 11 is 0. The van der Waals surface area contributed by atoms with Gasteiger partial charge < -0.3 is 35.0 Å². The number of piperidine rings is 2. The quantitative estimate of drug-likeness (QED) is 0.305. The van der Waals surface area contributed by atoms with Crippen LogP contribution in [0.4, 0.5) is 0 Å². The molecule has 0 aromatic rings. The summed E-state index contributed by atoms with van der Waals surface area (Å²) in [5, 5.41) is 52.5. The molecule has 0 amide bonds. The Balaban J connectivity index is 1.09. The number of carbonyl (C=O) groups is 1. The van der Waals surface area contributed by atoms with Crippen LogP contribution in [0.5, 0.6) is 0 Å². The first-order valence-electron chi connectivity index (χ1n) is 16.8. The van der Waals surface area contributed by atoms with E-state index in [2.05, 4.69) is 32.6 Å². The van der Waals surface area contributed by atoms with Gasteiger partial charge in [-0.15, -0.1) is 0 Å². The Morgan fingerprint density at radius 3 is 2.36 bits per heavy atom. The highest BCUT2D eigenvalue weighted by molar-refractivity contribution is 5.83. The van der Waals surface area contributed by atoms with Crippen molar-refractivity contribution in [2.45, 2.75) is 134 Å². The number of rotatable bonds is 2. The van der Waals surface area contributed by atoms with Gasteiger partial charge in [-0.05, 0) is 112 Å². The maximum Gasteiger partial charge on any atom is 0.189 e. The largest absolute Gasteiger partial charge is 0.388 e. The molecule has 5 N–H and O–H groups in total. The van der Waals surface area contributed by atoms with Crippen molar-refractivity contribution >= 4 is 5.78 Å². The van der Waals surface area contributed by atoms with Crippen LogP contribution in [0.25, 0.3) is 0 Å². The van der Waals surface area contributed by atoms with Crippen molar-refractivity contribution < 1.29 is 39.8 Å². The fraction of sp³-hybridized carbons (Fsp3) is 0.970. The minimum atomic E-state index is -1.64. The number of aliphatic hydroxyl groups is 5. The number of carbonyl (C=O) groups excluding carboxylic acids is 1. The Labute approximate surface area is 249 Å². The lowest BCUT2D eigenvalue weighted by atomic mass is 9.51. The molecule has 238 valence electrons. The lowest BCUT2D eigenvalue weighted by Crippen LogP contribution is -2.73. The maximum absolute atomic E-state index is 13.9. The summed E-state index contributed by atoms with van der Waals surface area (Å²) in [5.41, 5.74) is -0.987. The molecule has 9 nitrogen and oxygen atoms in total. The summed E-state index contributed by atoms with van der Waals surface area (Å²) in [6, 6.07) is 0. The highest BCUT2D eigenvalue weighted by Crippen LogP contribution is 2.67. The highest BCUT2D eigenvalue weighted by atomic mass is 16.7. The number of hydrogen-bond acceptors (Lipinski definition) is 9. The minimum absolute atomic E-state index is 0.112. The van der Waals surface area contributed by atoms with E-state index in [4.69, 9.17) is 9.47 Å². The highest BCUT2D eigenvalue weighted by Gasteiger charge is 2.66. The van der Waals surface area contributed by atoms with Crippen LogP contribution in [-0.2, 0) is 14.3 Å². The fourth-order valence-corrected chi connectivity index (χ4v) is 11.8. The molecule has 0 bridgehead atoms. The molecule has 0 aromatic heterocycles. The van der Waals surface area contributed by atoms with Gasteiger partial charge in [0.25, 0.3) is 0 Å². The van der Waals surface area contributed by atoms with E-state index in [0.29, 0.717) is 66.5 Å². The van der Waals surface area contributed by atoms with E-state index in [1.54, 1.807) is 0 Å². The first kappa shape index (κ1) is 30.0. The Hall–Kier alpha value is -0.650. The fourth-order valence-electron chi connectivity index (χ4n) is 11.8. The molecule has 42 heavy (non-hydrogen) atoms. The van der Waals surface area contributed by atoms with Gasteiger partial charge in [0.15, 0.2) is 12.6 Å². The van der Waals surface area contributed by atoms with Gasteiger partial charge in [-0.3, -0.25) is 9.69 Å². The third-order valence-electron chi connectivity index (χ3n) is 14.5. The van der Waals surface area contributed by atoms with E-state index in [1.807, 2.05) is 0 Å². The van der Waals surface area contributed by atoms with E-state index < -0.39 is 36.5 Å². The van der Waals surface area contributed by atoms with Crippen LogP contribution in [-0.4, -0.2) is 97.4 Å². The molecular formula is C33H53NO8. The van der Waals surface area contributed by atoms with Crippen molar-refractivity contribution in [2.75, 3.05) is 13.1 Å². The van der Waals surface area contributed by atoms with Crippen LogP contribution in [0.2, 0.25) is 0 Å². The summed E-state index contributed by atoms with van der Waals surface area (Å²) in [7, 11) is 0. The molecule has 0 unspecified atom stereocenters. The number of ketones is 1. The van der Waals surface area contributed by atoms with Crippen molar-refractivity contribution in [1.29, 1.82) is 0 Å². The Morgan fingerprint density at radius 1 is 0.833 bits per heavy atom. The predicted molar refractivity (Wildman–Crippen MR) is 153 cm³/mol. The molecule has 7 aliphatic rings. The molecule has 7 fully saturated rings. The number of aliphatic hydroxyl groups excluding tert-OH is 4. The topological polar surface area (TPSA) is 140 Å². The van der Waals surface area contributed by atoms with Gasteiger partial charge in [-0.2, -0.15) is 0 Å². The summed E-state index contributed by atoms with van der Waals surface area (Å²) in [4.78, 5) is 16.5. The Kier molecular flexibility index (Phi) is 7.28. The van der Waals surface area contributed by atoms with Crippen molar-refractivity contribution in [3.8, 4) is 0 Å². The van der Waals surface area contributed by atoms with Crippen LogP contribution < -0.4 is 0 Å². The molecule has 4 saturated carbocycles. The van der Waals surface area contributed by atoms with E-state index in [-0.39, 0.29) is 23.0 Å². The second kappa shape index (κ2) is 10.2. The van der Waals surface area contributed by atoms with E-state index in [0.717, 1.165) is 45.2 Å². The summed E-state index contributed by atoms with van der Waals surface area (Å²) in [5.74, 6) is 3.61. The van der Waals surface area contributed by atoms with Crippen molar-refractivity contribution in [2.24, 2.45) is 52.8 Å². The minimum Gasteiger partial charge on any atom is -0.388 e. The summed E-state index contributed by atoms with van der Waals surface area (Å²) in [6.45, 7) is 11.2. The van der Waals surface area contributed by atoms with Gasteiger partial charge in [0, 0.05) is 31.0 Å². The van der Waals surface area contributed by atoms with Gasteiger partial charge in [0.05, 0.1) is 11.7 Å². The Morgan fingerprint density at radius 2 is 1.60 bits per heavy atom. The molecule has 9 heteroatoms. The molecule has 7 rings (SSSR count). The normalized spacial score (nSPS) is 59.7. The smallest absolute Gasteiger partial charge is 0.189 e. The molecular weight excluding hydrogens is 538 g/mol. The van der Waals surface area contributed by atoms with Crippen LogP contribution in [0, 0.1) is 52.8 Å². The van der Waals surface area contributed by atoms with Gasteiger partial charge in [-0.25, -0.2) is 0 Å². The SMILES string of the molecule is C[C@H]1CC[C@]2(C)N(C1)C[C@H]1[C@@H]3C[C@H]4[C@@H](CC(=O)[C@H]5C[C@@H](O[C@@H]6O[C@@H](O)[C@@H](O)[C@H](O)[C@H]6O)CC[C@@]54C)[C@@H]3CC[C@@H]1[C@]2(C)O. The third kappa shape index (κ3) is 4.20. The van der Waals surface area contributed by atoms with Crippen molar-refractivity contribution in [1.82, 2.24) is 4.90 Å². The zero-order valence-corrected chi connectivity index (χ0v) is 25.8. The molecule has 0 radical (unpaired) electrons. The second-order valence-electron chi connectivity index (χ2n) is 16.3. The Bertz CT molecular complexity index is 1070. The van der Waals surface area contributed by atoms with Crippen LogP contribution in [0.1, 0.15) is 85.5 Å². The number of fused-ring (bicyclic) bond motifs is 8. The molecule has 0 aromatic carbocycles. The summed E-state index contributed by atoms with van der Waals surface area (Å²) < 4.78 is 11.3. The van der Waals surface area contributed by atoms with Crippen molar-refractivity contribution in [3.63, 3.8) is 0 Å². The molecule has 4 aliphatic carbocycles. The number of hydrogen-bond donors (Lipinski definition) is 5. The second-order valence-corrected chi connectivity index (χ2v) is 16.3. The average molecular weight is 592 g/mol. The number of nitrogens with zero attached hydrogens (tertiary/aromatic N) is 1. The molecule has 17 atom stereocenters. The van der Waals surface area contributed by atoms with Gasteiger partial charge >= 0.3 is 0 Å². The predicted octanol–water partition coefficient (Wildman–Crippen LogP) is 2.06. The van der Waals surface area contributed by atoms with Crippen molar-refractivity contribution in [3.05, 3.63) is 0 Å². The first-order valence-corrected chi connectivity index (χ1v) is 16.8. The third-order valence-corrected chi connectivity index (χ3v) is 14.5.